The molecule has 1 aliphatic heterocycles. The molecule has 1 N–H and O–H groups in total. The van der Waals surface area contributed by atoms with Crippen LogP contribution in [0.1, 0.15) is 12.8 Å². The highest BCUT2D eigenvalue weighted by Crippen LogP contribution is 2.24. The van der Waals surface area contributed by atoms with Crippen LogP contribution in [0, 0.1) is 0 Å². The molecular weight excluding hydrogens is 288 g/mol. The first-order valence-electron chi connectivity index (χ1n) is 4.93. The zero-order chi connectivity index (χ0) is 12.4. The lowest BCUT2D eigenvalue weighted by Gasteiger charge is -2.11. The van der Waals surface area contributed by atoms with Crippen LogP contribution in [0.4, 0.5) is 5.69 Å². The lowest BCUT2D eigenvalue weighted by Crippen LogP contribution is -2.19. The number of anilines is 1. The highest BCUT2D eigenvalue weighted by molar-refractivity contribution is 9.10. The van der Waals surface area contributed by atoms with Crippen LogP contribution in [0.25, 0.3) is 0 Å². The van der Waals surface area contributed by atoms with Gasteiger partial charge in [0.25, 0.3) is 5.91 Å². The van der Waals surface area contributed by atoms with Crippen molar-refractivity contribution in [2.24, 2.45) is 5.10 Å². The van der Waals surface area contributed by atoms with Crippen molar-refractivity contribution in [1.29, 1.82) is 0 Å². The lowest BCUT2D eigenvalue weighted by atomic mass is 10.2. The number of carbonyl (C=O) groups is 2. The summed E-state index contributed by atoms with van der Waals surface area (Å²) in [4.78, 5) is 22.2. The normalized spacial score (nSPS) is 15.0. The molecule has 2 rings (SSSR count). The van der Waals surface area contributed by atoms with Crippen molar-refractivity contribution in [1.82, 2.24) is 0 Å². The third-order valence-corrected chi connectivity index (χ3v) is 2.73. The number of amides is 1. The zero-order valence-electron chi connectivity index (χ0n) is 8.76. The van der Waals surface area contributed by atoms with Gasteiger partial charge in [0, 0.05) is 4.47 Å². The molecule has 0 unspecified atom stereocenters. The summed E-state index contributed by atoms with van der Waals surface area (Å²) in [6.07, 6.45) is -0.130. The van der Waals surface area contributed by atoms with E-state index in [1.54, 1.807) is 18.2 Å². The molecule has 0 aromatic heterocycles. The Hall–Kier alpha value is -1.69. The van der Waals surface area contributed by atoms with Crippen LogP contribution in [0.15, 0.2) is 33.8 Å². The van der Waals surface area contributed by atoms with E-state index in [-0.39, 0.29) is 18.7 Å². The summed E-state index contributed by atoms with van der Waals surface area (Å²) in [5, 5.41) is 13.9. The quantitative estimate of drug-likeness (QED) is 0.928. The zero-order valence-corrected chi connectivity index (χ0v) is 10.3. The van der Waals surface area contributed by atoms with Crippen LogP contribution in [0.5, 0.6) is 0 Å². The number of carboxylic acids is 1. The number of hydrazone groups is 1. The number of benzene rings is 1. The molecule has 0 atom stereocenters. The van der Waals surface area contributed by atoms with Crippen molar-refractivity contribution in [3.8, 4) is 0 Å². The fourth-order valence-electron chi connectivity index (χ4n) is 1.56. The number of aliphatic carboxylic acids is 1. The number of halogens is 1. The minimum absolute atomic E-state index is 0.0683. The van der Waals surface area contributed by atoms with Crippen LogP contribution in [-0.4, -0.2) is 22.7 Å². The Morgan fingerprint density at radius 2 is 2.29 bits per heavy atom. The van der Waals surface area contributed by atoms with Crippen molar-refractivity contribution in [2.45, 2.75) is 12.8 Å². The van der Waals surface area contributed by atoms with E-state index in [2.05, 4.69) is 21.0 Å². The number of hydrogen-bond donors (Lipinski definition) is 1. The third-order valence-electron chi connectivity index (χ3n) is 2.24. The molecule has 0 bridgehead atoms. The van der Waals surface area contributed by atoms with Crippen molar-refractivity contribution >= 4 is 39.2 Å². The average molecular weight is 297 g/mol. The van der Waals surface area contributed by atoms with Crippen LogP contribution >= 0.6 is 15.9 Å². The van der Waals surface area contributed by atoms with Crippen LogP contribution < -0.4 is 5.01 Å². The first-order chi connectivity index (χ1) is 8.06. The molecule has 88 valence electrons. The Labute approximate surface area is 106 Å². The predicted octanol–water partition coefficient (Wildman–Crippen LogP) is 2.02. The average Bonchev–Trinajstić information content (AvgIpc) is 2.58. The van der Waals surface area contributed by atoms with Crippen LogP contribution in [0.3, 0.4) is 0 Å². The molecule has 5 nitrogen and oxygen atoms in total. The van der Waals surface area contributed by atoms with E-state index in [1.807, 2.05) is 6.07 Å². The molecule has 1 heterocycles. The fraction of sp³-hybridized carbons (Fsp3) is 0.182. The van der Waals surface area contributed by atoms with Gasteiger partial charge in [-0.25, -0.2) is 5.01 Å². The van der Waals surface area contributed by atoms with Gasteiger partial charge in [-0.2, -0.15) is 5.10 Å². The van der Waals surface area contributed by atoms with Crippen molar-refractivity contribution in [3.63, 3.8) is 0 Å². The molecule has 0 fully saturated rings. The monoisotopic (exact) mass is 296 g/mol. The Bertz CT molecular complexity index is 513. The molecule has 0 radical (unpaired) electrons. The Morgan fingerprint density at radius 3 is 2.94 bits per heavy atom. The van der Waals surface area contributed by atoms with Crippen LogP contribution in [-0.2, 0) is 9.59 Å². The van der Waals surface area contributed by atoms with Gasteiger partial charge in [-0.05, 0) is 18.2 Å². The summed E-state index contributed by atoms with van der Waals surface area (Å²) < 4.78 is 0.838. The molecule has 1 aliphatic rings. The van der Waals surface area contributed by atoms with Gasteiger partial charge in [0.2, 0.25) is 0 Å². The number of nitrogens with zero attached hydrogens (tertiary/aromatic N) is 2. The summed E-state index contributed by atoms with van der Waals surface area (Å²) in [7, 11) is 0. The molecule has 0 saturated carbocycles. The SMILES string of the molecule is O=C(O)CC1=NN(c2cccc(Br)c2)C(=O)C1. The van der Waals surface area contributed by atoms with Gasteiger partial charge >= 0.3 is 5.97 Å². The molecule has 0 saturated heterocycles. The topological polar surface area (TPSA) is 70.0 Å². The maximum atomic E-state index is 11.7. The summed E-state index contributed by atoms with van der Waals surface area (Å²) >= 11 is 3.30. The Balaban J connectivity index is 2.24. The van der Waals surface area contributed by atoms with Gasteiger partial charge in [-0.3, -0.25) is 9.59 Å². The van der Waals surface area contributed by atoms with E-state index in [1.165, 1.54) is 5.01 Å². The second-order valence-corrected chi connectivity index (χ2v) is 4.51. The van der Waals surface area contributed by atoms with Crippen molar-refractivity contribution in [3.05, 3.63) is 28.7 Å². The van der Waals surface area contributed by atoms with E-state index in [4.69, 9.17) is 5.11 Å². The molecule has 0 aliphatic carbocycles. The lowest BCUT2D eigenvalue weighted by molar-refractivity contribution is -0.135. The molecule has 1 aromatic rings. The second kappa shape index (κ2) is 4.67. The first kappa shape index (κ1) is 11.8. The number of rotatable bonds is 3. The van der Waals surface area contributed by atoms with E-state index >= 15 is 0 Å². The molecule has 1 amide bonds. The van der Waals surface area contributed by atoms with Crippen LogP contribution in [0.2, 0.25) is 0 Å². The van der Waals surface area contributed by atoms with Gasteiger partial charge in [-0.1, -0.05) is 22.0 Å². The summed E-state index contributed by atoms with van der Waals surface area (Å²) in [6, 6.07) is 7.13. The summed E-state index contributed by atoms with van der Waals surface area (Å²) in [5.74, 6) is -1.19. The number of hydrogen-bond acceptors (Lipinski definition) is 3. The predicted molar refractivity (Wildman–Crippen MR) is 65.9 cm³/mol. The van der Waals surface area contributed by atoms with E-state index in [0.29, 0.717) is 11.4 Å². The number of carboxylic acid groups (broad SMARTS) is 1. The van der Waals surface area contributed by atoms with Gasteiger partial charge in [0.1, 0.15) is 0 Å². The van der Waals surface area contributed by atoms with E-state index in [0.717, 1.165) is 4.47 Å². The summed E-state index contributed by atoms with van der Waals surface area (Å²) in [5.41, 5.74) is 1.01. The smallest absolute Gasteiger partial charge is 0.309 e. The minimum atomic E-state index is -0.979. The Kier molecular flexibility index (Phi) is 3.23. The maximum Gasteiger partial charge on any atom is 0.309 e. The maximum absolute atomic E-state index is 11.7. The Morgan fingerprint density at radius 1 is 1.53 bits per heavy atom. The third kappa shape index (κ3) is 2.71. The standard InChI is InChI=1S/C11H9BrN2O3/c12-7-2-1-3-9(4-7)14-10(15)5-8(13-14)6-11(16)17/h1-4H,5-6H2,(H,16,17). The van der Waals surface area contributed by atoms with Gasteiger partial charge < -0.3 is 5.11 Å². The first-order valence-corrected chi connectivity index (χ1v) is 5.72. The van der Waals surface area contributed by atoms with E-state index < -0.39 is 5.97 Å². The summed E-state index contributed by atoms with van der Waals surface area (Å²) in [6.45, 7) is 0. The highest BCUT2D eigenvalue weighted by Gasteiger charge is 2.26. The number of carbonyl (C=O) groups excluding carboxylic acids is 1. The molecular formula is C11H9BrN2O3. The highest BCUT2D eigenvalue weighted by atomic mass is 79.9. The fourth-order valence-corrected chi connectivity index (χ4v) is 1.95. The van der Waals surface area contributed by atoms with Gasteiger partial charge in [0.15, 0.2) is 0 Å². The van der Waals surface area contributed by atoms with Gasteiger partial charge in [0.05, 0.1) is 24.2 Å². The van der Waals surface area contributed by atoms with Crippen molar-refractivity contribution < 1.29 is 14.7 Å². The van der Waals surface area contributed by atoms with Gasteiger partial charge in [-0.15, -0.1) is 0 Å². The molecule has 1 aromatic carbocycles. The molecule has 17 heavy (non-hydrogen) atoms. The molecule has 0 spiro atoms. The molecule has 6 heteroatoms. The van der Waals surface area contributed by atoms with Crippen molar-refractivity contribution in [2.75, 3.05) is 5.01 Å². The van der Waals surface area contributed by atoms with E-state index in [9.17, 15) is 9.59 Å². The largest absolute Gasteiger partial charge is 0.481 e. The minimum Gasteiger partial charge on any atom is -0.481 e. The second-order valence-electron chi connectivity index (χ2n) is 3.60.